The Morgan fingerprint density at radius 3 is 2.51 bits per heavy atom. The molecule has 0 unspecified atom stereocenters. The zero-order valence-electron chi connectivity index (χ0n) is 22.8. The van der Waals surface area contributed by atoms with Gasteiger partial charge in [0.25, 0.3) is 0 Å². The molecule has 1 aliphatic heterocycles. The van der Waals surface area contributed by atoms with Gasteiger partial charge >= 0.3 is 15.5 Å². The number of nitrogens with zero attached hydrogens (tertiary/aromatic N) is 1. The van der Waals surface area contributed by atoms with Gasteiger partial charge < -0.3 is 19.3 Å². The molecule has 1 aromatic heterocycles. The maximum atomic E-state index is 13.6. The fourth-order valence-electron chi connectivity index (χ4n) is 4.88. The van der Waals surface area contributed by atoms with E-state index in [2.05, 4.69) is 4.98 Å². The number of halogens is 5. The van der Waals surface area contributed by atoms with Gasteiger partial charge in [0.2, 0.25) is 0 Å². The van der Waals surface area contributed by atoms with E-state index in [9.17, 15) is 35.5 Å². The summed E-state index contributed by atoms with van der Waals surface area (Å²) in [6.45, 7) is 3.48. The van der Waals surface area contributed by atoms with Crippen molar-refractivity contribution in [2.75, 3.05) is 11.8 Å². The molecule has 1 aliphatic rings. The summed E-state index contributed by atoms with van der Waals surface area (Å²) in [4.78, 5) is 4.26. The monoisotopic (exact) mass is 644 g/mol. The van der Waals surface area contributed by atoms with Crippen molar-refractivity contribution < 1.29 is 49.7 Å². The molecule has 5 rings (SSSR count). The predicted octanol–water partition coefficient (Wildman–Crippen LogP) is 6.49. The summed E-state index contributed by atoms with van der Waals surface area (Å²) in [7, 11) is -4.30. The molecule has 3 aromatic carbocycles. The van der Waals surface area contributed by atoms with Gasteiger partial charge in [-0.15, -0.1) is 11.3 Å². The highest BCUT2D eigenvalue weighted by atomic mass is 32.2. The van der Waals surface area contributed by atoms with E-state index in [0.29, 0.717) is 37.9 Å². The molecule has 0 radical (unpaired) electrons. The largest absolute Gasteiger partial charge is 0.516 e. The lowest BCUT2D eigenvalue weighted by Gasteiger charge is -2.43. The summed E-state index contributed by atoms with van der Waals surface area (Å²) in [6, 6.07) is 10.6. The molecule has 2 heterocycles. The molecule has 0 amide bonds. The number of rotatable bonds is 8. The van der Waals surface area contributed by atoms with Gasteiger partial charge in [0.1, 0.15) is 34.5 Å². The molecule has 230 valence electrons. The Morgan fingerprint density at radius 1 is 1.09 bits per heavy atom. The van der Waals surface area contributed by atoms with Gasteiger partial charge in [-0.05, 0) is 68.3 Å². The van der Waals surface area contributed by atoms with E-state index >= 15 is 0 Å². The van der Waals surface area contributed by atoms with Gasteiger partial charge in [-0.25, -0.2) is 13.8 Å². The number of aliphatic hydroxyl groups excluding tert-OH is 1. The number of aliphatic hydroxyl groups is 1. The third kappa shape index (κ3) is 6.19. The zero-order chi connectivity index (χ0) is 31.3. The lowest BCUT2D eigenvalue weighted by molar-refractivity contribution is -0.0537. The highest BCUT2D eigenvalue weighted by Crippen LogP contribution is 2.47. The molecule has 0 bridgehead atoms. The van der Waals surface area contributed by atoms with E-state index in [1.165, 1.54) is 24.0 Å². The first-order valence-electron chi connectivity index (χ1n) is 12.7. The van der Waals surface area contributed by atoms with Crippen LogP contribution in [0, 0.1) is 17.6 Å². The van der Waals surface area contributed by atoms with Crippen LogP contribution < -0.4 is 18.9 Å². The van der Waals surface area contributed by atoms with Crippen LogP contribution in [-0.4, -0.2) is 36.7 Å². The van der Waals surface area contributed by atoms with Crippen molar-refractivity contribution in [1.29, 1.82) is 0 Å². The van der Waals surface area contributed by atoms with Crippen molar-refractivity contribution in [3.05, 3.63) is 76.3 Å². The lowest BCUT2D eigenvalue weighted by atomic mass is 9.76. The average Bonchev–Trinajstić information content (AvgIpc) is 3.30. The predicted molar refractivity (Wildman–Crippen MR) is 149 cm³/mol. The van der Waals surface area contributed by atoms with Crippen LogP contribution in [0.2, 0.25) is 0 Å². The Bertz CT molecular complexity index is 1750. The number of benzene rings is 3. The molecule has 0 aliphatic carbocycles. The molecule has 0 saturated carbocycles. The number of fused-ring (bicyclic) bond motifs is 2. The third-order valence-corrected chi connectivity index (χ3v) is 9.17. The van der Waals surface area contributed by atoms with E-state index in [1.54, 1.807) is 32.0 Å². The summed E-state index contributed by atoms with van der Waals surface area (Å²) >= 11 is 1.15. The molecular formula is C28H25F5N2O6S2. The number of sulfonamides is 1. The highest BCUT2D eigenvalue weighted by molar-refractivity contribution is 7.93. The number of ether oxygens (including phenoxy) is 3. The zero-order valence-corrected chi connectivity index (χ0v) is 24.5. The molecule has 0 saturated heterocycles. The van der Waals surface area contributed by atoms with E-state index in [4.69, 9.17) is 14.2 Å². The fourth-order valence-corrected chi connectivity index (χ4v) is 6.32. The average molecular weight is 645 g/mol. The summed E-state index contributed by atoms with van der Waals surface area (Å²) in [5, 5.41) is 12.0. The highest BCUT2D eigenvalue weighted by Gasteiger charge is 2.46. The minimum absolute atomic E-state index is 0.00886. The van der Waals surface area contributed by atoms with Crippen molar-refractivity contribution in [3.63, 3.8) is 0 Å². The molecule has 0 fully saturated rings. The van der Waals surface area contributed by atoms with Crippen molar-refractivity contribution in [2.24, 2.45) is 5.92 Å². The first-order valence-corrected chi connectivity index (χ1v) is 15.0. The van der Waals surface area contributed by atoms with Crippen molar-refractivity contribution >= 4 is 37.3 Å². The molecule has 0 spiro atoms. The second-order valence-corrected chi connectivity index (χ2v) is 13.2. The van der Waals surface area contributed by atoms with E-state index in [0.717, 1.165) is 29.5 Å². The SMILES string of the molecule is COc1ccc(NS(=O)(=O)C(F)(F)F)cc1C[C@H]1[C@@H](O)c2cc(OCc3nc4cc(F)c(F)cc4s3)ccc2OC1(C)C. The Hall–Kier alpha value is -3.69. The quantitative estimate of drug-likeness (QED) is 0.211. The first-order chi connectivity index (χ1) is 20.1. The van der Waals surface area contributed by atoms with Gasteiger partial charge in [0.15, 0.2) is 11.6 Å². The number of anilines is 1. The number of methoxy groups -OCH3 is 1. The van der Waals surface area contributed by atoms with Crippen molar-refractivity contribution in [2.45, 2.75) is 44.1 Å². The number of aromatic nitrogens is 1. The van der Waals surface area contributed by atoms with Crippen LogP contribution in [0.4, 0.5) is 27.6 Å². The van der Waals surface area contributed by atoms with Crippen molar-refractivity contribution in [3.8, 4) is 17.2 Å². The Morgan fingerprint density at radius 2 is 1.81 bits per heavy atom. The normalized spacial score (nSPS) is 18.2. The van der Waals surface area contributed by atoms with Crippen LogP contribution in [-0.2, 0) is 23.1 Å². The van der Waals surface area contributed by atoms with Crippen molar-refractivity contribution in [1.82, 2.24) is 4.98 Å². The molecule has 2 N–H and O–H groups in total. The Kier molecular flexibility index (Phi) is 7.94. The van der Waals surface area contributed by atoms with Crippen LogP contribution in [0.15, 0.2) is 48.5 Å². The molecule has 4 aromatic rings. The number of hydrogen-bond donors (Lipinski definition) is 2. The van der Waals surface area contributed by atoms with Gasteiger partial charge in [-0.3, -0.25) is 4.72 Å². The Labute approximate surface area is 247 Å². The fraction of sp³-hybridized carbons (Fsp3) is 0.321. The van der Waals surface area contributed by atoms with Crippen LogP contribution >= 0.6 is 11.3 Å². The number of hydrogen-bond acceptors (Lipinski definition) is 8. The maximum Gasteiger partial charge on any atom is 0.516 e. The molecule has 43 heavy (non-hydrogen) atoms. The standard InChI is InChI=1S/C28H25F5N2O6S2/c1-27(2)18(9-14-8-15(4-6-22(14)39-3)35-43(37,38)28(31,32)33)26(36)17-10-16(5-7-23(17)41-27)40-13-25-34-21-11-19(29)20(30)12-24(21)42-25/h4-8,10-12,18,26,35-36H,9,13H2,1-3H3/t18-,26-/m0/s1. The molecule has 15 heteroatoms. The lowest BCUT2D eigenvalue weighted by Crippen LogP contribution is -2.45. The maximum absolute atomic E-state index is 13.6. The second kappa shape index (κ2) is 11.1. The number of alkyl halides is 3. The van der Waals surface area contributed by atoms with Gasteiger partial charge in [0.05, 0.1) is 23.4 Å². The van der Waals surface area contributed by atoms with E-state index in [-0.39, 0.29) is 24.5 Å². The van der Waals surface area contributed by atoms with E-state index < -0.39 is 44.8 Å². The van der Waals surface area contributed by atoms with Gasteiger partial charge in [0, 0.05) is 23.2 Å². The number of thiazole rings is 1. The topological polar surface area (TPSA) is 107 Å². The van der Waals surface area contributed by atoms with Crippen LogP contribution in [0.5, 0.6) is 17.2 Å². The molecule has 8 nitrogen and oxygen atoms in total. The second-order valence-electron chi connectivity index (χ2n) is 10.4. The van der Waals surface area contributed by atoms with Gasteiger partial charge in [-0.1, -0.05) is 0 Å². The van der Waals surface area contributed by atoms with Crippen LogP contribution in [0.3, 0.4) is 0 Å². The van der Waals surface area contributed by atoms with Crippen LogP contribution in [0.1, 0.15) is 36.1 Å². The van der Waals surface area contributed by atoms with E-state index in [1.807, 2.05) is 0 Å². The minimum atomic E-state index is -5.65. The van der Waals surface area contributed by atoms with Crippen LogP contribution in [0.25, 0.3) is 10.2 Å². The molecular weight excluding hydrogens is 619 g/mol. The summed E-state index contributed by atoms with van der Waals surface area (Å²) in [5.74, 6) is -1.61. The molecule has 2 atom stereocenters. The third-order valence-electron chi connectivity index (χ3n) is 7.06. The minimum Gasteiger partial charge on any atom is -0.496 e. The number of nitrogens with one attached hydrogen (secondary N) is 1. The van der Waals surface area contributed by atoms with Gasteiger partial charge in [-0.2, -0.15) is 21.6 Å². The Balaban J connectivity index is 1.38. The first kappa shape index (κ1) is 30.8. The summed E-state index contributed by atoms with van der Waals surface area (Å²) in [6.07, 6.45) is -1.08. The summed E-state index contributed by atoms with van der Waals surface area (Å²) in [5.41, 5.74) is -5.77. The summed E-state index contributed by atoms with van der Waals surface area (Å²) < 4.78 is 109. The smallest absolute Gasteiger partial charge is 0.496 e.